The quantitative estimate of drug-likeness (QED) is 0.529. The van der Waals surface area contributed by atoms with Crippen LogP contribution in [-0.4, -0.2) is 53.1 Å². The van der Waals surface area contributed by atoms with Gasteiger partial charge in [0.15, 0.2) is 16.6 Å². The Labute approximate surface area is 152 Å². The van der Waals surface area contributed by atoms with E-state index in [1.54, 1.807) is 0 Å². The summed E-state index contributed by atoms with van der Waals surface area (Å²) in [5, 5.41) is 2.28. The van der Waals surface area contributed by atoms with Gasteiger partial charge in [0.05, 0.1) is 31.4 Å². The normalized spacial score (nSPS) is 29.9. The molecule has 0 N–H and O–H groups in total. The smallest absolute Gasteiger partial charge is 0.183 e. The monoisotopic (exact) mass is 375 g/mol. The lowest BCUT2D eigenvalue weighted by molar-refractivity contribution is -0.295. The van der Waals surface area contributed by atoms with Gasteiger partial charge in [0, 0.05) is 0 Å². The molecule has 0 saturated carbocycles. The van der Waals surface area contributed by atoms with Gasteiger partial charge < -0.3 is 13.7 Å². The van der Waals surface area contributed by atoms with Crippen LogP contribution in [0.5, 0.6) is 0 Å². The molecule has 0 aliphatic carbocycles. The summed E-state index contributed by atoms with van der Waals surface area (Å²) in [5.41, 5.74) is -0.0713. The second-order valence-corrected chi connectivity index (χ2v) is 18.3. The highest BCUT2D eigenvalue weighted by atomic mass is 28.4. The lowest BCUT2D eigenvalue weighted by Crippen LogP contribution is -2.67. The summed E-state index contributed by atoms with van der Waals surface area (Å²) in [6.07, 6.45) is 5.57. The predicted molar refractivity (Wildman–Crippen MR) is 107 cm³/mol. The summed E-state index contributed by atoms with van der Waals surface area (Å²) in [6.45, 7) is 19.6. The summed E-state index contributed by atoms with van der Waals surface area (Å²) in [6, 6.07) is 0. The molecule has 1 heterocycles. The van der Waals surface area contributed by atoms with Crippen molar-refractivity contribution in [2.75, 3.05) is 20.3 Å². The Morgan fingerprint density at radius 1 is 0.792 bits per heavy atom. The third-order valence-corrected chi connectivity index (χ3v) is 7.21. The van der Waals surface area contributed by atoms with Crippen LogP contribution in [0.2, 0.25) is 39.3 Å². The highest BCUT2D eigenvalue weighted by molar-refractivity contribution is 6.70. The van der Waals surface area contributed by atoms with E-state index in [9.17, 15) is 0 Å². The minimum atomic E-state index is -1.56. The van der Waals surface area contributed by atoms with E-state index in [0.29, 0.717) is 0 Å². The van der Waals surface area contributed by atoms with Crippen molar-refractivity contribution in [1.29, 1.82) is 0 Å². The predicted octanol–water partition coefficient (Wildman–Crippen LogP) is 5.03. The first-order chi connectivity index (χ1) is 10.9. The molecular weight excluding hydrogens is 334 g/mol. The number of hydrogen-bond donors (Lipinski definition) is 0. The summed E-state index contributed by atoms with van der Waals surface area (Å²) in [5.74, 6) is 0. The maximum absolute atomic E-state index is 6.36. The van der Waals surface area contributed by atoms with Gasteiger partial charge in [-0.2, -0.15) is 5.06 Å². The van der Waals surface area contributed by atoms with Gasteiger partial charge in [-0.15, -0.1) is 0 Å². The number of rotatable bonds is 9. The molecule has 0 aromatic heterocycles. The Morgan fingerprint density at radius 2 is 1.17 bits per heavy atom. The van der Waals surface area contributed by atoms with Crippen molar-refractivity contribution < 1.29 is 13.7 Å². The van der Waals surface area contributed by atoms with E-state index in [-0.39, 0.29) is 11.1 Å². The molecular formula is C18H41NO3Si2. The Morgan fingerprint density at radius 3 is 1.42 bits per heavy atom. The number of hydrogen-bond acceptors (Lipinski definition) is 4. The van der Waals surface area contributed by atoms with Crippen LogP contribution in [-0.2, 0) is 13.7 Å². The van der Waals surface area contributed by atoms with Crippen molar-refractivity contribution >= 4 is 16.6 Å². The average Bonchev–Trinajstić information content (AvgIpc) is 2.49. The van der Waals surface area contributed by atoms with E-state index < -0.39 is 16.6 Å². The van der Waals surface area contributed by atoms with Crippen LogP contribution in [0.25, 0.3) is 0 Å². The summed E-state index contributed by atoms with van der Waals surface area (Å²) in [4.78, 5) is 6.04. The fourth-order valence-corrected chi connectivity index (χ4v) is 5.05. The zero-order valence-electron chi connectivity index (χ0n) is 17.6. The highest BCUT2D eigenvalue weighted by Gasteiger charge is 2.51. The Kier molecular flexibility index (Phi) is 7.73. The summed E-state index contributed by atoms with van der Waals surface area (Å²) >= 11 is 0. The van der Waals surface area contributed by atoms with Crippen molar-refractivity contribution in [3.8, 4) is 0 Å². The fourth-order valence-electron chi connectivity index (χ4n) is 3.65. The topological polar surface area (TPSA) is 30.9 Å². The van der Waals surface area contributed by atoms with Gasteiger partial charge in [0.2, 0.25) is 0 Å². The molecule has 0 aromatic rings. The highest BCUT2D eigenvalue weighted by Crippen LogP contribution is 2.43. The maximum atomic E-state index is 6.36. The van der Waals surface area contributed by atoms with Crippen LogP contribution in [0.3, 0.4) is 0 Å². The lowest BCUT2D eigenvalue weighted by Gasteiger charge is -2.56. The van der Waals surface area contributed by atoms with E-state index >= 15 is 0 Å². The SMILES string of the molecule is CCC1(CO[Si](C)(C)C)CCCC(CC)(CO[Si](C)(C)C)N1OC. The number of piperidine rings is 1. The van der Waals surface area contributed by atoms with Gasteiger partial charge in [0.1, 0.15) is 0 Å². The van der Waals surface area contributed by atoms with E-state index in [4.69, 9.17) is 13.7 Å². The molecule has 0 radical (unpaired) electrons. The fraction of sp³-hybridized carbons (Fsp3) is 1.00. The van der Waals surface area contributed by atoms with Gasteiger partial charge in [0.25, 0.3) is 0 Å². The van der Waals surface area contributed by atoms with Gasteiger partial charge in [-0.25, -0.2) is 0 Å². The van der Waals surface area contributed by atoms with Gasteiger partial charge in [-0.3, -0.25) is 0 Å². The number of nitrogens with zero attached hydrogens (tertiary/aromatic N) is 1. The second-order valence-electron chi connectivity index (χ2n) is 9.29. The van der Waals surface area contributed by atoms with E-state index in [1.807, 2.05) is 7.11 Å². The molecule has 2 unspecified atom stereocenters. The molecule has 1 rings (SSSR count). The first-order valence-electron chi connectivity index (χ1n) is 9.56. The molecule has 1 aliphatic rings. The van der Waals surface area contributed by atoms with Crippen LogP contribution < -0.4 is 0 Å². The van der Waals surface area contributed by atoms with E-state index in [2.05, 4.69) is 58.2 Å². The zero-order chi connectivity index (χ0) is 18.6. The minimum Gasteiger partial charge on any atom is -0.416 e. The van der Waals surface area contributed by atoms with Crippen LogP contribution in [0.1, 0.15) is 46.0 Å². The Hall–Kier alpha value is 0.274. The maximum Gasteiger partial charge on any atom is 0.183 e. The van der Waals surface area contributed by atoms with Crippen LogP contribution in [0.4, 0.5) is 0 Å². The molecule has 0 spiro atoms. The van der Waals surface area contributed by atoms with Crippen molar-refractivity contribution in [2.24, 2.45) is 0 Å². The van der Waals surface area contributed by atoms with E-state index in [1.165, 1.54) is 6.42 Å². The number of hydroxylamine groups is 2. The molecule has 0 aromatic carbocycles. The largest absolute Gasteiger partial charge is 0.416 e. The summed E-state index contributed by atoms with van der Waals surface area (Å²) in [7, 11) is -1.29. The summed E-state index contributed by atoms with van der Waals surface area (Å²) < 4.78 is 12.7. The van der Waals surface area contributed by atoms with Gasteiger partial charge in [-0.1, -0.05) is 13.8 Å². The minimum absolute atomic E-state index is 0.0356. The van der Waals surface area contributed by atoms with E-state index in [0.717, 1.165) is 38.9 Å². The molecule has 6 heteroatoms. The van der Waals surface area contributed by atoms with Gasteiger partial charge >= 0.3 is 0 Å². The molecule has 4 nitrogen and oxygen atoms in total. The van der Waals surface area contributed by atoms with Crippen molar-refractivity contribution in [1.82, 2.24) is 5.06 Å². The zero-order valence-corrected chi connectivity index (χ0v) is 19.6. The lowest BCUT2D eigenvalue weighted by atomic mass is 9.76. The van der Waals surface area contributed by atoms with Crippen LogP contribution in [0.15, 0.2) is 0 Å². The van der Waals surface area contributed by atoms with Crippen LogP contribution in [0, 0.1) is 0 Å². The Bertz CT molecular complexity index is 361. The molecule has 1 fully saturated rings. The standard InChI is InChI=1S/C18H41NO3Si2/c1-10-17(15-21-23(4,5)6)13-12-14-18(11-2,19(17)20-3)16-22-24(7,8)9/h10-16H2,1-9H3. The third-order valence-electron chi connectivity index (χ3n) is 5.19. The van der Waals surface area contributed by atoms with Crippen LogP contribution >= 0.6 is 0 Å². The van der Waals surface area contributed by atoms with Gasteiger partial charge in [-0.05, 0) is 71.4 Å². The average molecular weight is 376 g/mol. The molecule has 144 valence electrons. The third kappa shape index (κ3) is 5.64. The molecule has 0 amide bonds. The van der Waals surface area contributed by atoms with Crippen molar-refractivity contribution in [2.45, 2.75) is 96.3 Å². The molecule has 0 bridgehead atoms. The Balaban J connectivity index is 3.08. The molecule has 2 atom stereocenters. The second kappa shape index (κ2) is 8.31. The first kappa shape index (κ1) is 22.3. The van der Waals surface area contributed by atoms with Crippen molar-refractivity contribution in [3.05, 3.63) is 0 Å². The first-order valence-corrected chi connectivity index (χ1v) is 16.4. The molecule has 1 saturated heterocycles. The van der Waals surface area contributed by atoms with Crippen molar-refractivity contribution in [3.63, 3.8) is 0 Å². The molecule has 1 aliphatic heterocycles. The molecule has 24 heavy (non-hydrogen) atoms.